The van der Waals surface area contributed by atoms with Crippen LogP contribution in [-0.4, -0.2) is 22.9 Å². The molecule has 0 bridgehead atoms. The maximum Gasteiger partial charge on any atom is 0.303 e. The Morgan fingerprint density at radius 1 is 0.462 bits per heavy atom. The molecular weight excluding hydrogens is 522 g/mol. The molecule has 0 atom stereocenters. The van der Waals surface area contributed by atoms with E-state index in [9.17, 15) is 4.79 Å². The van der Waals surface area contributed by atoms with Crippen LogP contribution >= 0.6 is 0 Å². The summed E-state index contributed by atoms with van der Waals surface area (Å²) < 4.78 is 0. The minimum atomic E-state index is -0.673. The Morgan fingerprint density at radius 3 is 1.23 bits per heavy atom. The molecule has 14 heteroatoms. The number of rotatable bonds is 35. The van der Waals surface area contributed by atoms with Crippen molar-refractivity contribution in [1.29, 1.82) is 0 Å². The molecule has 0 rings (SSSR count). The summed E-state index contributed by atoms with van der Waals surface area (Å²) >= 11 is 0. The lowest BCUT2D eigenvalue weighted by atomic mass is 10.0. The number of aliphatic carboxylic acids is 1. The van der Waals surface area contributed by atoms with Crippen molar-refractivity contribution in [2.45, 2.75) is 148 Å². The Bertz CT molecular complexity index is 477. The van der Waals surface area contributed by atoms with Gasteiger partial charge in [0, 0.05) is 6.42 Å². The van der Waals surface area contributed by atoms with Gasteiger partial charge in [-0.1, -0.05) is 138 Å². The van der Waals surface area contributed by atoms with Gasteiger partial charge < -0.3 is 5.11 Å². The average molecular weight is 574 g/mol. The van der Waals surface area contributed by atoms with E-state index < -0.39 is 5.97 Å². The molecule has 14 nitrogen and oxygen atoms in total. The number of carboxylic acids is 1. The summed E-state index contributed by atoms with van der Waals surface area (Å²) in [7, 11) is 0. The zero-order valence-corrected chi connectivity index (χ0v) is 23.4. The van der Waals surface area contributed by atoms with Crippen molar-refractivity contribution in [3.8, 4) is 0 Å². The molecule has 0 aromatic carbocycles. The third kappa shape index (κ3) is 37.0. The van der Waals surface area contributed by atoms with E-state index in [2.05, 4.69) is 45.2 Å². The average Bonchev–Trinajstić information content (AvgIpc) is 2.93. The number of nitrogens with one attached hydrogen (secondary N) is 1. The van der Waals surface area contributed by atoms with E-state index in [4.69, 9.17) is 15.3 Å². The zero-order valence-electron chi connectivity index (χ0n) is 23.4. The third-order valence-corrected chi connectivity index (χ3v) is 6.19. The molecule has 0 unspecified atom stereocenters. The van der Waals surface area contributed by atoms with Gasteiger partial charge in [-0.3, -0.25) is 4.79 Å². The summed E-state index contributed by atoms with van der Waals surface area (Å²) in [4.78, 5) is 22.6. The SMILES string of the molecule is O=C(O)CCCCCCCCCCCCCCCCCCCCCCCCOOOOOOOONOOO. The van der Waals surface area contributed by atoms with Gasteiger partial charge in [-0.25, -0.2) is 10.1 Å². The van der Waals surface area contributed by atoms with E-state index in [1.54, 1.807) is 0 Å². The minimum Gasteiger partial charge on any atom is -0.481 e. The van der Waals surface area contributed by atoms with Gasteiger partial charge in [0.15, 0.2) is 0 Å². The maximum absolute atomic E-state index is 10.4. The van der Waals surface area contributed by atoms with Gasteiger partial charge in [0.1, 0.15) is 0 Å². The van der Waals surface area contributed by atoms with Crippen LogP contribution in [-0.2, 0) is 54.9 Å². The van der Waals surface area contributed by atoms with E-state index in [1.807, 2.05) is 0 Å². The van der Waals surface area contributed by atoms with Gasteiger partial charge in [0.05, 0.1) is 6.61 Å². The standard InChI is InChI=1S/C25H51NO13/c27-25(28)23-21-19-17-15-13-11-9-7-5-3-1-2-4-6-8-10-12-14-16-18-20-22-24-30-34-36-38-39-37-35-32-26-31-33-29/h26,29H,1-24H2,(H,27,28). The quantitative estimate of drug-likeness (QED) is 0.0390. The lowest BCUT2D eigenvalue weighted by Crippen LogP contribution is -2.15. The van der Waals surface area contributed by atoms with Gasteiger partial charge >= 0.3 is 5.97 Å². The van der Waals surface area contributed by atoms with Crippen LogP contribution in [0.1, 0.15) is 148 Å². The summed E-state index contributed by atoms with van der Waals surface area (Å²) in [6.45, 7) is 0.338. The Balaban J connectivity index is 3.02. The van der Waals surface area contributed by atoms with Crippen LogP contribution in [0, 0.1) is 0 Å². The van der Waals surface area contributed by atoms with E-state index >= 15 is 0 Å². The highest BCUT2D eigenvalue weighted by Crippen LogP contribution is 2.15. The maximum atomic E-state index is 10.4. The molecule has 0 fully saturated rings. The summed E-state index contributed by atoms with van der Waals surface area (Å²) in [5, 5.41) is 42.8. The molecule has 234 valence electrons. The van der Waals surface area contributed by atoms with E-state index in [-0.39, 0.29) is 0 Å². The van der Waals surface area contributed by atoms with Crippen molar-refractivity contribution in [3.63, 3.8) is 0 Å². The molecule has 0 aliphatic rings. The smallest absolute Gasteiger partial charge is 0.303 e. The predicted octanol–water partition coefficient (Wildman–Crippen LogP) is 7.42. The summed E-state index contributed by atoms with van der Waals surface area (Å²) in [6.07, 6.45) is 27.7. The monoisotopic (exact) mass is 573 g/mol. The molecule has 0 heterocycles. The second kappa shape index (κ2) is 35.0. The molecule has 0 saturated carbocycles. The Labute approximate surface area is 231 Å². The fourth-order valence-electron chi connectivity index (χ4n) is 4.13. The van der Waals surface area contributed by atoms with Crippen molar-refractivity contribution >= 4 is 5.97 Å². The second-order valence-electron chi connectivity index (χ2n) is 9.48. The van der Waals surface area contributed by atoms with Crippen molar-refractivity contribution in [2.75, 3.05) is 6.61 Å². The number of hydrogen-bond donors (Lipinski definition) is 3. The van der Waals surface area contributed by atoms with E-state index in [0.717, 1.165) is 32.1 Å². The number of carbonyl (C=O) groups is 1. The first kappa shape index (κ1) is 38.0. The second-order valence-corrected chi connectivity index (χ2v) is 9.48. The molecule has 0 aromatic rings. The molecular formula is C25H51NO13. The van der Waals surface area contributed by atoms with Crippen molar-refractivity contribution in [2.24, 2.45) is 0 Å². The number of hydrogen-bond acceptors (Lipinski definition) is 13. The summed E-state index contributed by atoms with van der Waals surface area (Å²) in [5.41, 5.74) is 1.45. The predicted molar refractivity (Wildman–Crippen MR) is 135 cm³/mol. The molecule has 0 amide bonds. The molecule has 39 heavy (non-hydrogen) atoms. The van der Waals surface area contributed by atoms with Crippen LogP contribution in [0.2, 0.25) is 0 Å². The third-order valence-electron chi connectivity index (χ3n) is 6.19. The van der Waals surface area contributed by atoms with Gasteiger partial charge in [-0.15, -0.1) is 0 Å². The Hall–Kier alpha value is -1.01. The molecule has 0 spiro atoms. The lowest BCUT2D eigenvalue weighted by Gasteiger charge is -2.04. The first-order valence-corrected chi connectivity index (χ1v) is 14.5. The van der Waals surface area contributed by atoms with Crippen molar-refractivity contribution in [3.05, 3.63) is 0 Å². The van der Waals surface area contributed by atoms with Gasteiger partial charge in [-0.2, -0.15) is 0 Å². The van der Waals surface area contributed by atoms with E-state index in [0.29, 0.717) is 13.0 Å². The van der Waals surface area contributed by atoms with E-state index in [1.165, 1.54) is 115 Å². The number of carboxylic acid groups (broad SMARTS) is 1. The fourth-order valence-corrected chi connectivity index (χ4v) is 4.13. The van der Waals surface area contributed by atoms with Crippen LogP contribution in [0.5, 0.6) is 0 Å². The molecule has 0 aromatic heterocycles. The van der Waals surface area contributed by atoms with Crippen molar-refractivity contribution in [1.82, 2.24) is 5.64 Å². The summed E-state index contributed by atoms with van der Waals surface area (Å²) in [5.74, 6) is -0.673. The first-order valence-electron chi connectivity index (χ1n) is 14.5. The zero-order chi connectivity index (χ0) is 28.3. The van der Waals surface area contributed by atoms with Crippen LogP contribution in [0.4, 0.5) is 0 Å². The highest BCUT2D eigenvalue weighted by atomic mass is 17.9. The highest BCUT2D eigenvalue weighted by molar-refractivity contribution is 5.66. The molecule has 0 aliphatic heterocycles. The topological polar surface area (TPSA) is 162 Å². The largest absolute Gasteiger partial charge is 0.481 e. The van der Waals surface area contributed by atoms with Crippen LogP contribution in [0.15, 0.2) is 0 Å². The van der Waals surface area contributed by atoms with Gasteiger partial charge in [0.2, 0.25) is 0 Å². The lowest BCUT2D eigenvalue weighted by molar-refractivity contribution is -0.821. The molecule has 3 N–H and O–H groups in total. The van der Waals surface area contributed by atoms with Crippen LogP contribution < -0.4 is 5.64 Å². The molecule has 0 saturated heterocycles. The van der Waals surface area contributed by atoms with Gasteiger partial charge in [-0.05, 0) is 53.8 Å². The fraction of sp³-hybridized carbons (Fsp3) is 0.960. The summed E-state index contributed by atoms with van der Waals surface area (Å²) in [6, 6.07) is 0. The van der Waals surface area contributed by atoms with Gasteiger partial charge in [0.25, 0.3) is 0 Å². The molecule has 0 radical (unpaired) electrons. The Kier molecular flexibility index (Phi) is 34.1. The van der Waals surface area contributed by atoms with Crippen molar-refractivity contribution < 1.29 is 65.3 Å². The Morgan fingerprint density at radius 2 is 0.821 bits per heavy atom. The van der Waals surface area contributed by atoms with Crippen LogP contribution in [0.25, 0.3) is 0 Å². The first-order chi connectivity index (χ1) is 19.3. The molecule has 0 aliphatic carbocycles. The minimum absolute atomic E-state index is 0.319. The highest BCUT2D eigenvalue weighted by Gasteiger charge is 1.99. The number of unbranched alkanes of at least 4 members (excludes halogenated alkanes) is 21. The van der Waals surface area contributed by atoms with Crippen LogP contribution in [0.3, 0.4) is 0 Å². The normalized spacial score (nSPS) is 11.4.